The van der Waals surface area contributed by atoms with E-state index in [1.54, 1.807) is 12.1 Å². The van der Waals surface area contributed by atoms with Gasteiger partial charge in [0.15, 0.2) is 0 Å². The van der Waals surface area contributed by atoms with Gasteiger partial charge in [0.2, 0.25) is 5.91 Å². The third kappa shape index (κ3) is 5.15. The maximum absolute atomic E-state index is 13.4. The van der Waals surface area contributed by atoms with Crippen LogP contribution >= 0.6 is 15.9 Å². The quantitative estimate of drug-likeness (QED) is 0.715. The van der Waals surface area contributed by atoms with Gasteiger partial charge in [0.1, 0.15) is 5.82 Å². The van der Waals surface area contributed by atoms with Gasteiger partial charge < -0.3 is 4.90 Å². The van der Waals surface area contributed by atoms with Crippen molar-refractivity contribution in [3.63, 3.8) is 0 Å². The zero-order chi connectivity index (χ0) is 18.5. The minimum atomic E-state index is -0.207. The number of carbonyl (C=O) groups excluding carboxylic acids is 1. The molecule has 1 aliphatic heterocycles. The van der Waals surface area contributed by atoms with Gasteiger partial charge in [-0.15, -0.1) is 0 Å². The van der Waals surface area contributed by atoms with E-state index in [0.717, 1.165) is 41.5 Å². The average molecular weight is 419 g/mol. The second-order valence-electron chi connectivity index (χ2n) is 7.02. The van der Waals surface area contributed by atoms with E-state index < -0.39 is 0 Å². The molecule has 3 nitrogen and oxygen atoms in total. The van der Waals surface area contributed by atoms with Gasteiger partial charge in [0.25, 0.3) is 0 Å². The van der Waals surface area contributed by atoms with Crippen LogP contribution < -0.4 is 0 Å². The van der Waals surface area contributed by atoms with E-state index in [2.05, 4.69) is 20.8 Å². The van der Waals surface area contributed by atoms with Crippen LogP contribution in [0.25, 0.3) is 0 Å². The fourth-order valence-corrected chi connectivity index (χ4v) is 3.81. The Bertz CT molecular complexity index is 750. The van der Waals surface area contributed by atoms with Crippen LogP contribution in [0, 0.1) is 11.7 Å². The summed E-state index contributed by atoms with van der Waals surface area (Å²) in [6, 6.07) is 14.8. The first-order valence-corrected chi connectivity index (χ1v) is 9.77. The third-order valence-electron chi connectivity index (χ3n) is 4.86. The second-order valence-corrected chi connectivity index (χ2v) is 7.94. The first-order chi connectivity index (χ1) is 12.5. The van der Waals surface area contributed by atoms with E-state index in [9.17, 15) is 9.18 Å². The topological polar surface area (TPSA) is 23.6 Å². The first kappa shape index (κ1) is 19.1. The predicted octanol–water partition coefficient (Wildman–Crippen LogP) is 4.46. The Morgan fingerprint density at radius 2 is 2.00 bits per heavy atom. The molecule has 0 bridgehead atoms. The number of carbonyl (C=O) groups is 1. The van der Waals surface area contributed by atoms with Gasteiger partial charge in [-0.2, -0.15) is 0 Å². The van der Waals surface area contributed by atoms with Crippen molar-refractivity contribution in [1.82, 2.24) is 9.80 Å². The number of amides is 1. The summed E-state index contributed by atoms with van der Waals surface area (Å²) < 4.78 is 14.4. The molecular weight excluding hydrogens is 395 g/mol. The van der Waals surface area contributed by atoms with E-state index in [1.165, 1.54) is 6.07 Å². The van der Waals surface area contributed by atoms with Crippen molar-refractivity contribution in [2.75, 3.05) is 20.1 Å². The molecule has 0 saturated carbocycles. The highest BCUT2D eigenvalue weighted by Crippen LogP contribution is 2.21. The van der Waals surface area contributed by atoms with E-state index in [-0.39, 0.29) is 17.6 Å². The molecule has 3 rings (SSSR count). The van der Waals surface area contributed by atoms with E-state index in [1.807, 2.05) is 42.3 Å². The largest absolute Gasteiger partial charge is 0.341 e. The Labute approximate surface area is 162 Å². The van der Waals surface area contributed by atoms with Gasteiger partial charge in [-0.1, -0.05) is 40.2 Å². The van der Waals surface area contributed by atoms with E-state index in [0.29, 0.717) is 13.1 Å². The summed E-state index contributed by atoms with van der Waals surface area (Å²) in [4.78, 5) is 16.9. The average Bonchev–Trinajstić information content (AvgIpc) is 2.63. The zero-order valence-electron chi connectivity index (χ0n) is 15.0. The van der Waals surface area contributed by atoms with Crippen molar-refractivity contribution in [3.8, 4) is 0 Å². The molecule has 138 valence electrons. The Hall–Kier alpha value is -1.72. The fraction of sp³-hybridized carbons (Fsp3) is 0.381. The molecule has 1 heterocycles. The SMILES string of the molecule is CN(Cc1ccc(Br)cc1)C(=O)C1CCCN(Cc2cccc(F)c2)C1. The highest BCUT2D eigenvalue weighted by atomic mass is 79.9. The molecule has 2 aromatic rings. The minimum Gasteiger partial charge on any atom is -0.341 e. The second kappa shape index (κ2) is 8.78. The van der Waals surface area contributed by atoms with Crippen molar-refractivity contribution in [3.05, 3.63) is 69.9 Å². The predicted molar refractivity (Wildman–Crippen MR) is 105 cm³/mol. The molecule has 0 aromatic heterocycles. The van der Waals surface area contributed by atoms with Gasteiger partial charge in [0, 0.05) is 31.2 Å². The monoisotopic (exact) mass is 418 g/mol. The Morgan fingerprint density at radius 1 is 1.23 bits per heavy atom. The summed E-state index contributed by atoms with van der Waals surface area (Å²) in [6.07, 6.45) is 1.92. The van der Waals surface area contributed by atoms with Gasteiger partial charge in [0.05, 0.1) is 5.92 Å². The highest BCUT2D eigenvalue weighted by molar-refractivity contribution is 9.10. The van der Waals surface area contributed by atoms with Crippen LogP contribution in [0.15, 0.2) is 53.0 Å². The molecule has 0 radical (unpaired) electrons. The molecule has 1 amide bonds. The molecule has 1 aliphatic rings. The standard InChI is InChI=1S/C21H24BrFN2O/c1-24(13-16-7-9-19(22)10-8-16)21(26)18-5-3-11-25(15-18)14-17-4-2-6-20(23)12-17/h2,4,6-10,12,18H,3,5,11,13-15H2,1H3. The molecule has 0 spiro atoms. The summed E-state index contributed by atoms with van der Waals surface area (Å²) >= 11 is 3.43. The lowest BCUT2D eigenvalue weighted by Crippen LogP contribution is -2.43. The summed E-state index contributed by atoms with van der Waals surface area (Å²) in [7, 11) is 1.87. The Balaban J connectivity index is 1.57. The molecule has 0 N–H and O–H groups in total. The number of nitrogens with zero attached hydrogens (tertiary/aromatic N) is 2. The summed E-state index contributed by atoms with van der Waals surface area (Å²) in [5.41, 5.74) is 2.08. The summed E-state index contributed by atoms with van der Waals surface area (Å²) in [5, 5.41) is 0. The minimum absolute atomic E-state index is 0.0118. The molecule has 2 aromatic carbocycles. The van der Waals surface area contributed by atoms with Crippen LogP contribution in [0.5, 0.6) is 0 Å². The van der Waals surface area contributed by atoms with Crippen molar-refractivity contribution in [2.24, 2.45) is 5.92 Å². The van der Waals surface area contributed by atoms with Crippen molar-refractivity contribution in [2.45, 2.75) is 25.9 Å². The number of piperidine rings is 1. The first-order valence-electron chi connectivity index (χ1n) is 8.97. The van der Waals surface area contributed by atoms with Crippen molar-refractivity contribution < 1.29 is 9.18 Å². The Kier molecular flexibility index (Phi) is 6.43. The van der Waals surface area contributed by atoms with Crippen molar-refractivity contribution in [1.29, 1.82) is 0 Å². The van der Waals surface area contributed by atoms with Gasteiger partial charge >= 0.3 is 0 Å². The highest BCUT2D eigenvalue weighted by Gasteiger charge is 2.28. The molecule has 1 atom stereocenters. The number of rotatable bonds is 5. The molecule has 0 aliphatic carbocycles. The van der Waals surface area contributed by atoms with Crippen LogP contribution in [0.3, 0.4) is 0 Å². The summed E-state index contributed by atoms with van der Waals surface area (Å²) in [6.45, 7) is 3.00. The van der Waals surface area contributed by atoms with Crippen LogP contribution in [0.1, 0.15) is 24.0 Å². The third-order valence-corrected chi connectivity index (χ3v) is 5.39. The van der Waals surface area contributed by atoms with Gasteiger partial charge in [-0.05, 0) is 54.8 Å². The van der Waals surface area contributed by atoms with Gasteiger partial charge in [-0.25, -0.2) is 4.39 Å². The van der Waals surface area contributed by atoms with Crippen LogP contribution in [0.2, 0.25) is 0 Å². The normalized spacial score (nSPS) is 17.9. The lowest BCUT2D eigenvalue weighted by Gasteiger charge is -2.34. The van der Waals surface area contributed by atoms with E-state index in [4.69, 9.17) is 0 Å². The lowest BCUT2D eigenvalue weighted by molar-refractivity contribution is -0.136. The fourth-order valence-electron chi connectivity index (χ4n) is 3.55. The molecule has 1 saturated heterocycles. The van der Waals surface area contributed by atoms with Crippen LogP contribution in [0.4, 0.5) is 4.39 Å². The maximum Gasteiger partial charge on any atom is 0.227 e. The molecule has 1 unspecified atom stereocenters. The molecule has 5 heteroatoms. The zero-order valence-corrected chi connectivity index (χ0v) is 16.6. The number of hydrogen-bond acceptors (Lipinski definition) is 2. The molecule has 1 fully saturated rings. The van der Waals surface area contributed by atoms with Crippen LogP contribution in [-0.2, 0) is 17.9 Å². The van der Waals surface area contributed by atoms with Crippen LogP contribution in [-0.4, -0.2) is 35.8 Å². The smallest absolute Gasteiger partial charge is 0.227 e. The maximum atomic E-state index is 13.4. The van der Waals surface area contributed by atoms with Gasteiger partial charge in [-0.3, -0.25) is 9.69 Å². The number of hydrogen-bond donors (Lipinski definition) is 0. The molecule has 26 heavy (non-hydrogen) atoms. The number of benzene rings is 2. The molecular formula is C21H24BrFN2O. The van der Waals surface area contributed by atoms with E-state index >= 15 is 0 Å². The number of likely N-dealkylation sites (tertiary alicyclic amines) is 1. The van der Waals surface area contributed by atoms with Crippen molar-refractivity contribution >= 4 is 21.8 Å². The lowest BCUT2D eigenvalue weighted by atomic mass is 9.96. The number of halogens is 2. The Morgan fingerprint density at radius 3 is 2.73 bits per heavy atom. The summed E-state index contributed by atoms with van der Waals surface area (Å²) in [5.74, 6) is -0.00372.